The summed E-state index contributed by atoms with van der Waals surface area (Å²) < 4.78 is 0.900. The third-order valence-corrected chi connectivity index (χ3v) is 4.17. The molecule has 2 rings (SSSR count). The molecule has 0 aromatic carbocycles. The summed E-state index contributed by atoms with van der Waals surface area (Å²) >= 11 is 9.72. The summed E-state index contributed by atoms with van der Waals surface area (Å²) in [6, 6.07) is 0. The van der Waals surface area contributed by atoms with Crippen LogP contribution in [0, 0.1) is 5.92 Å². The van der Waals surface area contributed by atoms with Gasteiger partial charge in [-0.3, -0.25) is 0 Å². The molecule has 16 heavy (non-hydrogen) atoms. The standard InChI is InChI=1S/C11H15BrClN3/c12-9-6-14-7-16-11(9)15-5-8-3-1-2-4-10(8)13/h6-8,10H,1-5H2,(H,14,15,16). The Morgan fingerprint density at radius 2 is 2.25 bits per heavy atom. The molecule has 1 fully saturated rings. The number of rotatable bonds is 3. The zero-order chi connectivity index (χ0) is 11.4. The van der Waals surface area contributed by atoms with E-state index in [1.54, 1.807) is 12.5 Å². The SMILES string of the molecule is ClC1CCCCC1CNc1ncncc1Br. The molecule has 0 bridgehead atoms. The van der Waals surface area contributed by atoms with Crippen molar-refractivity contribution in [3.8, 4) is 0 Å². The van der Waals surface area contributed by atoms with E-state index < -0.39 is 0 Å². The molecule has 1 aliphatic carbocycles. The monoisotopic (exact) mass is 303 g/mol. The highest BCUT2D eigenvalue weighted by molar-refractivity contribution is 9.10. The Morgan fingerprint density at radius 3 is 3.00 bits per heavy atom. The number of anilines is 1. The van der Waals surface area contributed by atoms with Crippen molar-refractivity contribution in [2.24, 2.45) is 5.92 Å². The van der Waals surface area contributed by atoms with Gasteiger partial charge in [0, 0.05) is 18.1 Å². The van der Waals surface area contributed by atoms with Crippen LogP contribution >= 0.6 is 27.5 Å². The summed E-state index contributed by atoms with van der Waals surface area (Å²) in [6.07, 6.45) is 8.20. The average molecular weight is 305 g/mol. The van der Waals surface area contributed by atoms with Gasteiger partial charge in [0.25, 0.3) is 0 Å². The largest absolute Gasteiger partial charge is 0.369 e. The summed E-state index contributed by atoms with van der Waals surface area (Å²) in [7, 11) is 0. The molecule has 1 heterocycles. The van der Waals surface area contributed by atoms with Gasteiger partial charge in [0.2, 0.25) is 0 Å². The van der Waals surface area contributed by atoms with Gasteiger partial charge in [0.1, 0.15) is 12.1 Å². The number of alkyl halides is 1. The summed E-state index contributed by atoms with van der Waals surface area (Å²) in [4.78, 5) is 8.11. The maximum Gasteiger partial charge on any atom is 0.143 e. The Balaban J connectivity index is 1.89. The molecule has 1 aromatic heterocycles. The van der Waals surface area contributed by atoms with Crippen molar-refractivity contribution in [2.45, 2.75) is 31.1 Å². The number of hydrogen-bond acceptors (Lipinski definition) is 3. The number of hydrogen-bond donors (Lipinski definition) is 1. The first-order valence-electron chi connectivity index (χ1n) is 5.61. The van der Waals surface area contributed by atoms with Crippen LogP contribution in [0.4, 0.5) is 5.82 Å². The van der Waals surface area contributed by atoms with Gasteiger partial charge in [-0.1, -0.05) is 12.8 Å². The van der Waals surface area contributed by atoms with Crippen molar-refractivity contribution in [3.63, 3.8) is 0 Å². The summed E-state index contributed by atoms with van der Waals surface area (Å²) in [6.45, 7) is 0.893. The third kappa shape index (κ3) is 3.08. The molecule has 1 N–H and O–H groups in total. The van der Waals surface area contributed by atoms with Gasteiger partial charge in [-0.05, 0) is 34.7 Å². The van der Waals surface area contributed by atoms with E-state index in [9.17, 15) is 0 Å². The molecule has 0 radical (unpaired) electrons. The van der Waals surface area contributed by atoms with Crippen molar-refractivity contribution < 1.29 is 0 Å². The zero-order valence-electron chi connectivity index (χ0n) is 9.00. The van der Waals surface area contributed by atoms with Crippen LogP contribution in [0.2, 0.25) is 0 Å². The van der Waals surface area contributed by atoms with Crippen LogP contribution in [-0.4, -0.2) is 21.9 Å². The second-order valence-electron chi connectivity index (χ2n) is 4.16. The van der Waals surface area contributed by atoms with Crippen LogP contribution in [0.25, 0.3) is 0 Å². The quantitative estimate of drug-likeness (QED) is 0.869. The van der Waals surface area contributed by atoms with Gasteiger partial charge in [0.15, 0.2) is 0 Å². The molecule has 0 aliphatic heterocycles. The van der Waals surface area contributed by atoms with E-state index in [0.717, 1.165) is 23.3 Å². The molecule has 1 aliphatic rings. The van der Waals surface area contributed by atoms with Crippen molar-refractivity contribution >= 4 is 33.3 Å². The first-order valence-corrected chi connectivity index (χ1v) is 6.84. The maximum atomic E-state index is 6.30. The molecule has 2 unspecified atom stereocenters. The molecule has 0 saturated heterocycles. The van der Waals surface area contributed by atoms with E-state index in [4.69, 9.17) is 11.6 Å². The van der Waals surface area contributed by atoms with E-state index in [-0.39, 0.29) is 0 Å². The topological polar surface area (TPSA) is 37.8 Å². The molecule has 2 atom stereocenters. The van der Waals surface area contributed by atoms with Crippen LogP contribution in [0.15, 0.2) is 17.0 Å². The Kier molecular flexibility index (Phi) is 4.41. The number of nitrogens with one attached hydrogen (secondary N) is 1. The molecule has 0 spiro atoms. The number of halogens is 2. The smallest absolute Gasteiger partial charge is 0.143 e. The molecular weight excluding hydrogens is 289 g/mol. The van der Waals surface area contributed by atoms with Crippen LogP contribution < -0.4 is 5.32 Å². The summed E-state index contributed by atoms with van der Waals surface area (Å²) in [5.41, 5.74) is 0. The lowest BCUT2D eigenvalue weighted by atomic mass is 9.89. The van der Waals surface area contributed by atoms with Crippen LogP contribution in [0.5, 0.6) is 0 Å². The molecule has 1 aromatic rings. The minimum absolute atomic E-state index is 0.307. The Morgan fingerprint density at radius 1 is 1.44 bits per heavy atom. The highest BCUT2D eigenvalue weighted by Gasteiger charge is 2.22. The lowest BCUT2D eigenvalue weighted by molar-refractivity contribution is 0.380. The molecule has 1 saturated carbocycles. The van der Waals surface area contributed by atoms with E-state index in [1.807, 2.05) is 0 Å². The molecule has 3 nitrogen and oxygen atoms in total. The van der Waals surface area contributed by atoms with Crippen molar-refractivity contribution in [1.29, 1.82) is 0 Å². The average Bonchev–Trinajstić information content (AvgIpc) is 2.30. The normalized spacial score (nSPS) is 25.4. The minimum atomic E-state index is 0.307. The molecule has 88 valence electrons. The molecular formula is C11H15BrClN3. The Hall–Kier alpha value is -0.350. The fourth-order valence-electron chi connectivity index (χ4n) is 2.06. The van der Waals surface area contributed by atoms with Crippen molar-refractivity contribution in [2.75, 3.05) is 11.9 Å². The second kappa shape index (κ2) is 5.82. The predicted octanol–water partition coefficient (Wildman–Crippen LogP) is 3.45. The Labute approximate surface area is 109 Å². The van der Waals surface area contributed by atoms with Crippen molar-refractivity contribution in [3.05, 3.63) is 17.0 Å². The minimum Gasteiger partial charge on any atom is -0.369 e. The van der Waals surface area contributed by atoms with E-state index in [2.05, 4.69) is 31.2 Å². The summed E-state index contributed by atoms with van der Waals surface area (Å²) in [5, 5.41) is 3.64. The zero-order valence-corrected chi connectivity index (χ0v) is 11.3. The van der Waals surface area contributed by atoms with Crippen molar-refractivity contribution in [1.82, 2.24) is 9.97 Å². The molecule has 5 heteroatoms. The number of aromatic nitrogens is 2. The van der Waals surface area contributed by atoms with Gasteiger partial charge in [-0.25, -0.2) is 9.97 Å². The first-order chi connectivity index (χ1) is 7.77. The van der Waals surface area contributed by atoms with Crippen LogP contribution in [-0.2, 0) is 0 Å². The van der Waals surface area contributed by atoms with Gasteiger partial charge in [-0.2, -0.15) is 0 Å². The van der Waals surface area contributed by atoms with Gasteiger partial charge < -0.3 is 5.32 Å². The maximum absolute atomic E-state index is 6.30. The van der Waals surface area contributed by atoms with Crippen LogP contribution in [0.1, 0.15) is 25.7 Å². The van der Waals surface area contributed by atoms with Gasteiger partial charge in [0.05, 0.1) is 4.47 Å². The van der Waals surface area contributed by atoms with Crippen LogP contribution in [0.3, 0.4) is 0 Å². The van der Waals surface area contributed by atoms with E-state index in [1.165, 1.54) is 19.3 Å². The third-order valence-electron chi connectivity index (χ3n) is 3.02. The van der Waals surface area contributed by atoms with E-state index in [0.29, 0.717) is 11.3 Å². The fraction of sp³-hybridized carbons (Fsp3) is 0.636. The lowest BCUT2D eigenvalue weighted by Crippen LogP contribution is -2.27. The second-order valence-corrected chi connectivity index (χ2v) is 5.58. The van der Waals surface area contributed by atoms with Gasteiger partial charge >= 0.3 is 0 Å². The molecule has 0 amide bonds. The fourth-order valence-corrected chi connectivity index (χ4v) is 2.79. The predicted molar refractivity (Wildman–Crippen MR) is 69.8 cm³/mol. The number of nitrogens with zero attached hydrogens (tertiary/aromatic N) is 2. The van der Waals surface area contributed by atoms with E-state index >= 15 is 0 Å². The lowest BCUT2D eigenvalue weighted by Gasteiger charge is -2.27. The highest BCUT2D eigenvalue weighted by atomic mass is 79.9. The summed E-state index contributed by atoms with van der Waals surface area (Å²) in [5.74, 6) is 1.40. The Bertz CT molecular complexity index is 348. The van der Waals surface area contributed by atoms with Gasteiger partial charge in [-0.15, -0.1) is 11.6 Å². The highest BCUT2D eigenvalue weighted by Crippen LogP contribution is 2.29. The first kappa shape index (κ1) is 12.1.